The molecule has 0 aliphatic carbocycles. The Morgan fingerprint density at radius 1 is 1.05 bits per heavy atom. The van der Waals surface area contributed by atoms with Crippen LogP contribution in [0.3, 0.4) is 0 Å². The summed E-state index contributed by atoms with van der Waals surface area (Å²) in [5, 5.41) is 0. The zero-order chi connectivity index (χ0) is 15.5. The summed E-state index contributed by atoms with van der Waals surface area (Å²) in [6.45, 7) is 0. The molecule has 1 atom stereocenters. The van der Waals surface area contributed by atoms with Crippen molar-refractivity contribution < 1.29 is 13.2 Å². The third kappa shape index (κ3) is 3.74. The van der Waals surface area contributed by atoms with Gasteiger partial charge in [-0.05, 0) is 29.7 Å². The minimum absolute atomic E-state index is 0.314. The average Bonchev–Trinajstić information content (AvgIpc) is 2.45. The number of nitrogens with two attached hydrogens (primary N) is 2. The Balaban J connectivity index is 2.26. The van der Waals surface area contributed by atoms with E-state index in [0.717, 1.165) is 17.7 Å². The molecular weight excluding hydrogens is 279 g/mol. The topological polar surface area (TPSA) is 64.1 Å². The van der Waals surface area contributed by atoms with Gasteiger partial charge in [-0.3, -0.25) is 11.3 Å². The number of alkyl halides is 3. The highest BCUT2D eigenvalue weighted by Gasteiger charge is 2.30. The van der Waals surface area contributed by atoms with Crippen LogP contribution in [0.4, 0.5) is 18.9 Å². The van der Waals surface area contributed by atoms with Crippen molar-refractivity contribution in [3.63, 3.8) is 0 Å². The average molecular weight is 295 g/mol. The third-order valence-corrected chi connectivity index (χ3v) is 3.27. The van der Waals surface area contributed by atoms with Gasteiger partial charge in [0.25, 0.3) is 0 Å². The van der Waals surface area contributed by atoms with E-state index >= 15 is 0 Å². The minimum Gasteiger partial charge on any atom is -0.398 e. The predicted octanol–water partition coefficient (Wildman–Crippen LogP) is 3.03. The van der Waals surface area contributed by atoms with Gasteiger partial charge in [0.2, 0.25) is 0 Å². The van der Waals surface area contributed by atoms with Gasteiger partial charge in [-0.1, -0.05) is 36.4 Å². The Labute approximate surface area is 120 Å². The van der Waals surface area contributed by atoms with E-state index in [9.17, 15) is 13.2 Å². The number of hydrazine groups is 1. The zero-order valence-electron chi connectivity index (χ0n) is 11.2. The molecule has 112 valence electrons. The van der Waals surface area contributed by atoms with Crippen molar-refractivity contribution in [3.05, 3.63) is 65.2 Å². The lowest BCUT2D eigenvalue weighted by molar-refractivity contribution is -0.137. The van der Waals surface area contributed by atoms with E-state index in [0.29, 0.717) is 17.7 Å². The molecule has 0 bridgehead atoms. The zero-order valence-corrected chi connectivity index (χ0v) is 11.2. The van der Waals surface area contributed by atoms with Crippen LogP contribution in [0, 0.1) is 0 Å². The van der Waals surface area contributed by atoms with Crippen molar-refractivity contribution >= 4 is 5.69 Å². The molecule has 0 aromatic heterocycles. The predicted molar refractivity (Wildman–Crippen MR) is 76.1 cm³/mol. The highest BCUT2D eigenvalue weighted by molar-refractivity contribution is 5.48. The first-order valence-corrected chi connectivity index (χ1v) is 6.38. The smallest absolute Gasteiger partial charge is 0.398 e. The summed E-state index contributed by atoms with van der Waals surface area (Å²) in [6, 6.07) is 12.0. The first kappa shape index (κ1) is 15.3. The fourth-order valence-corrected chi connectivity index (χ4v) is 2.20. The van der Waals surface area contributed by atoms with Crippen molar-refractivity contribution in [2.24, 2.45) is 5.84 Å². The van der Waals surface area contributed by atoms with Gasteiger partial charge in [0, 0.05) is 5.69 Å². The lowest BCUT2D eigenvalue weighted by atomic mass is 9.97. The first-order chi connectivity index (χ1) is 9.91. The Kier molecular flexibility index (Phi) is 4.50. The monoisotopic (exact) mass is 295 g/mol. The van der Waals surface area contributed by atoms with Gasteiger partial charge >= 0.3 is 6.18 Å². The molecule has 0 aliphatic heterocycles. The summed E-state index contributed by atoms with van der Waals surface area (Å²) in [5.41, 5.74) is 9.66. The molecule has 5 N–H and O–H groups in total. The Morgan fingerprint density at radius 3 is 2.38 bits per heavy atom. The lowest BCUT2D eigenvalue weighted by Crippen LogP contribution is -2.30. The SMILES string of the molecule is NNC(Cc1cccc(C(F)(F)F)c1)c1ccccc1N. The van der Waals surface area contributed by atoms with Gasteiger partial charge < -0.3 is 5.73 Å². The van der Waals surface area contributed by atoms with Crippen molar-refractivity contribution in [1.29, 1.82) is 0 Å². The second kappa shape index (κ2) is 6.15. The van der Waals surface area contributed by atoms with Crippen molar-refractivity contribution in [1.82, 2.24) is 5.43 Å². The summed E-state index contributed by atoms with van der Waals surface area (Å²) in [4.78, 5) is 0. The van der Waals surface area contributed by atoms with Crippen molar-refractivity contribution in [3.8, 4) is 0 Å². The van der Waals surface area contributed by atoms with Crippen LogP contribution in [0.2, 0.25) is 0 Å². The summed E-state index contributed by atoms with van der Waals surface area (Å²) in [7, 11) is 0. The van der Waals surface area contributed by atoms with Crippen LogP contribution in [0.15, 0.2) is 48.5 Å². The van der Waals surface area contributed by atoms with Gasteiger partial charge in [-0.25, -0.2) is 0 Å². The number of halogens is 3. The number of rotatable bonds is 4. The molecule has 0 radical (unpaired) electrons. The highest BCUT2D eigenvalue weighted by atomic mass is 19.4. The molecule has 0 saturated carbocycles. The maximum atomic E-state index is 12.7. The molecule has 6 heteroatoms. The van der Waals surface area contributed by atoms with Crippen LogP contribution in [0.25, 0.3) is 0 Å². The van der Waals surface area contributed by atoms with E-state index < -0.39 is 11.7 Å². The van der Waals surface area contributed by atoms with Crippen LogP contribution in [-0.4, -0.2) is 0 Å². The molecular formula is C15H16F3N3. The van der Waals surface area contributed by atoms with Crippen LogP contribution in [0.1, 0.15) is 22.7 Å². The lowest BCUT2D eigenvalue weighted by Gasteiger charge is -2.19. The fraction of sp³-hybridized carbons (Fsp3) is 0.200. The molecule has 3 nitrogen and oxygen atoms in total. The molecule has 0 amide bonds. The van der Waals surface area contributed by atoms with Crippen LogP contribution in [-0.2, 0) is 12.6 Å². The summed E-state index contributed by atoms with van der Waals surface area (Å²) in [5.74, 6) is 5.52. The van der Waals surface area contributed by atoms with E-state index in [2.05, 4.69) is 5.43 Å². The normalized spacial score (nSPS) is 13.1. The molecule has 0 spiro atoms. The summed E-state index contributed by atoms with van der Waals surface area (Å²) in [6.07, 6.45) is -4.04. The van der Waals surface area contributed by atoms with E-state index in [-0.39, 0.29) is 6.04 Å². The number of hydrogen-bond acceptors (Lipinski definition) is 3. The molecule has 0 aliphatic rings. The highest BCUT2D eigenvalue weighted by Crippen LogP contribution is 2.31. The van der Waals surface area contributed by atoms with Crippen molar-refractivity contribution in [2.45, 2.75) is 18.6 Å². The van der Waals surface area contributed by atoms with E-state index in [1.165, 1.54) is 6.07 Å². The molecule has 2 rings (SSSR count). The second-order valence-electron chi connectivity index (χ2n) is 4.75. The standard InChI is InChI=1S/C15H16F3N3/c16-15(17,18)11-5-3-4-10(8-11)9-14(21-20)12-6-1-2-7-13(12)19/h1-8,14,21H,9,19-20H2. The van der Waals surface area contributed by atoms with Crippen LogP contribution < -0.4 is 17.0 Å². The number of nitrogen functional groups attached to an aromatic ring is 1. The van der Waals surface area contributed by atoms with E-state index in [4.69, 9.17) is 11.6 Å². The Hall–Kier alpha value is -2.05. The molecule has 2 aromatic rings. The second-order valence-corrected chi connectivity index (χ2v) is 4.75. The van der Waals surface area contributed by atoms with Crippen molar-refractivity contribution in [2.75, 3.05) is 5.73 Å². The molecule has 21 heavy (non-hydrogen) atoms. The molecule has 0 heterocycles. The van der Waals surface area contributed by atoms with E-state index in [1.807, 2.05) is 6.07 Å². The number of hydrogen-bond donors (Lipinski definition) is 3. The maximum absolute atomic E-state index is 12.7. The van der Waals surface area contributed by atoms with Gasteiger partial charge in [0.05, 0.1) is 11.6 Å². The first-order valence-electron chi connectivity index (χ1n) is 6.38. The Morgan fingerprint density at radius 2 is 1.76 bits per heavy atom. The van der Waals surface area contributed by atoms with Gasteiger partial charge in [-0.2, -0.15) is 13.2 Å². The van der Waals surface area contributed by atoms with Crippen LogP contribution in [0.5, 0.6) is 0 Å². The largest absolute Gasteiger partial charge is 0.416 e. The molecule has 0 fully saturated rings. The third-order valence-electron chi connectivity index (χ3n) is 3.27. The number of nitrogens with one attached hydrogen (secondary N) is 1. The van der Waals surface area contributed by atoms with E-state index in [1.54, 1.807) is 24.3 Å². The molecule has 1 unspecified atom stereocenters. The quantitative estimate of drug-likeness (QED) is 0.461. The summed E-state index contributed by atoms with van der Waals surface area (Å²) >= 11 is 0. The van der Waals surface area contributed by atoms with Gasteiger partial charge in [0.1, 0.15) is 0 Å². The Bertz CT molecular complexity index is 611. The molecule has 2 aromatic carbocycles. The molecule has 0 saturated heterocycles. The minimum atomic E-state index is -4.35. The maximum Gasteiger partial charge on any atom is 0.416 e. The number of para-hydroxylation sites is 1. The van der Waals surface area contributed by atoms with Gasteiger partial charge in [0.15, 0.2) is 0 Å². The van der Waals surface area contributed by atoms with Crippen LogP contribution >= 0.6 is 0 Å². The number of benzene rings is 2. The summed E-state index contributed by atoms with van der Waals surface area (Å²) < 4.78 is 38.1. The van der Waals surface area contributed by atoms with Gasteiger partial charge in [-0.15, -0.1) is 0 Å². The number of anilines is 1. The fourth-order valence-electron chi connectivity index (χ4n) is 2.20.